The van der Waals surface area contributed by atoms with E-state index in [-0.39, 0.29) is 6.61 Å². The zero-order chi connectivity index (χ0) is 7.11. The van der Waals surface area contributed by atoms with Crippen molar-refractivity contribution in [1.29, 1.82) is 0 Å². The molecule has 0 aromatic heterocycles. The molecule has 1 atom stereocenters. The summed E-state index contributed by atoms with van der Waals surface area (Å²) < 4.78 is 4.86. The molecule has 0 saturated carbocycles. The van der Waals surface area contributed by atoms with E-state index in [1.165, 1.54) is 0 Å². The van der Waals surface area contributed by atoms with Crippen LogP contribution in [0.15, 0.2) is 12.7 Å². The minimum atomic E-state index is -0.495. The first kappa shape index (κ1) is 8.37. The number of rotatable bonds is 5. The number of aldehydes is 1. The lowest BCUT2D eigenvalue weighted by atomic mass is 10.2. The van der Waals surface area contributed by atoms with Gasteiger partial charge in [0.2, 0.25) is 0 Å². The van der Waals surface area contributed by atoms with Crippen molar-refractivity contribution < 1.29 is 9.53 Å². The quantitative estimate of drug-likeness (QED) is 0.308. The van der Waals surface area contributed by atoms with E-state index in [0.717, 1.165) is 0 Å². The second-order valence-corrected chi connectivity index (χ2v) is 1.63. The Morgan fingerprint density at radius 3 is 2.89 bits per heavy atom. The number of ether oxygens (including phenoxy) is 1. The molecule has 0 saturated heterocycles. The van der Waals surface area contributed by atoms with E-state index >= 15 is 0 Å². The lowest BCUT2D eigenvalue weighted by molar-refractivity contribution is -0.111. The van der Waals surface area contributed by atoms with E-state index < -0.39 is 5.92 Å². The first-order valence-corrected chi connectivity index (χ1v) is 2.70. The average molecular weight is 126 g/mol. The minimum Gasteiger partial charge on any atom is -0.377 e. The van der Waals surface area contributed by atoms with Crippen LogP contribution in [0.25, 0.3) is 0 Å². The van der Waals surface area contributed by atoms with Crippen molar-refractivity contribution in [2.75, 3.05) is 13.2 Å². The Morgan fingerprint density at radius 2 is 2.44 bits per heavy atom. The van der Waals surface area contributed by atoms with E-state index in [9.17, 15) is 4.79 Å². The van der Waals surface area contributed by atoms with Crippen LogP contribution in [-0.4, -0.2) is 19.5 Å². The standard InChI is InChI=1S/C7H10O2/c1-3-4-9-6-7(2)5-8/h2-3,5,7H,1,4,6H2/t7-/m1/s1. The fourth-order valence-corrected chi connectivity index (χ4v) is 0.327. The van der Waals surface area contributed by atoms with Crippen LogP contribution in [0.5, 0.6) is 0 Å². The lowest BCUT2D eigenvalue weighted by Gasteiger charge is -2.00. The first-order chi connectivity index (χ1) is 4.31. The van der Waals surface area contributed by atoms with E-state index in [1.807, 2.05) is 0 Å². The van der Waals surface area contributed by atoms with Crippen molar-refractivity contribution >= 4 is 6.29 Å². The number of hydrogen-bond acceptors (Lipinski definition) is 2. The highest BCUT2D eigenvalue weighted by molar-refractivity contribution is 5.54. The molecule has 0 aliphatic rings. The van der Waals surface area contributed by atoms with E-state index in [1.54, 1.807) is 6.08 Å². The Balaban J connectivity index is 3.05. The van der Waals surface area contributed by atoms with Gasteiger partial charge < -0.3 is 9.53 Å². The Kier molecular flexibility index (Phi) is 5.12. The minimum absolute atomic E-state index is 0.273. The molecule has 0 N–H and O–H groups in total. The Hall–Kier alpha value is -0.630. The number of carbonyl (C=O) groups excluding carboxylic acids is 1. The predicted octanol–water partition coefficient (Wildman–Crippen LogP) is 0.715. The molecule has 0 aliphatic heterocycles. The third-order valence-corrected chi connectivity index (χ3v) is 0.721. The summed E-state index contributed by atoms with van der Waals surface area (Å²) in [6.45, 7) is 9.33. The number of hydrogen-bond donors (Lipinski definition) is 0. The molecule has 0 aromatic rings. The van der Waals surface area contributed by atoms with Gasteiger partial charge in [0.25, 0.3) is 0 Å². The van der Waals surface area contributed by atoms with Gasteiger partial charge in [-0.25, -0.2) is 0 Å². The molecule has 9 heavy (non-hydrogen) atoms. The van der Waals surface area contributed by atoms with Crippen LogP contribution < -0.4 is 0 Å². The van der Waals surface area contributed by atoms with Crippen LogP contribution >= 0.6 is 0 Å². The van der Waals surface area contributed by atoms with Gasteiger partial charge in [-0.1, -0.05) is 6.08 Å². The van der Waals surface area contributed by atoms with E-state index in [2.05, 4.69) is 6.58 Å². The molecular weight excluding hydrogens is 116 g/mol. The summed E-state index contributed by atoms with van der Waals surface area (Å²) in [7, 11) is 0. The van der Waals surface area contributed by atoms with Crippen LogP contribution in [-0.2, 0) is 9.53 Å². The van der Waals surface area contributed by atoms with Gasteiger partial charge in [0.05, 0.1) is 13.2 Å². The zero-order valence-electron chi connectivity index (χ0n) is 5.25. The average Bonchev–Trinajstić information content (AvgIpc) is 1.89. The van der Waals surface area contributed by atoms with E-state index in [0.29, 0.717) is 12.9 Å². The van der Waals surface area contributed by atoms with Crippen molar-refractivity contribution in [3.63, 3.8) is 0 Å². The topological polar surface area (TPSA) is 26.3 Å². The monoisotopic (exact) mass is 126 g/mol. The fourth-order valence-electron chi connectivity index (χ4n) is 0.327. The third-order valence-electron chi connectivity index (χ3n) is 0.721. The number of carbonyl (C=O) groups is 1. The molecule has 0 spiro atoms. The molecule has 0 fully saturated rings. The van der Waals surface area contributed by atoms with Gasteiger partial charge in [0.1, 0.15) is 6.29 Å². The molecule has 2 radical (unpaired) electrons. The maximum absolute atomic E-state index is 9.87. The van der Waals surface area contributed by atoms with Gasteiger partial charge in [-0.3, -0.25) is 0 Å². The van der Waals surface area contributed by atoms with Crippen LogP contribution in [0, 0.1) is 12.8 Å². The van der Waals surface area contributed by atoms with Crippen LogP contribution in [0.4, 0.5) is 0 Å². The summed E-state index contributed by atoms with van der Waals surface area (Å²) in [5.74, 6) is -0.495. The SMILES string of the molecule is [CH][C@H](C=O)COCC=C. The van der Waals surface area contributed by atoms with Crippen molar-refractivity contribution in [2.45, 2.75) is 0 Å². The summed E-state index contributed by atoms with van der Waals surface area (Å²) in [5, 5.41) is 0. The van der Waals surface area contributed by atoms with Gasteiger partial charge in [-0.2, -0.15) is 0 Å². The zero-order valence-corrected chi connectivity index (χ0v) is 5.25. The Labute approximate surface area is 55.5 Å². The maximum atomic E-state index is 9.87. The van der Waals surface area contributed by atoms with Crippen LogP contribution in [0.2, 0.25) is 0 Å². The molecule has 0 rings (SSSR count). The predicted molar refractivity (Wildman–Crippen MR) is 34.9 cm³/mol. The molecule has 0 heterocycles. The fraction of sp³-hybridized carbons (Fsp3) is 0.429. The Bertz CT molecular complexity index is 88.9. The lowest BCUT2D eigenvalue weighted by Crippen LogP contribution is -2.06. The first-order valence-electron chi connectivity index (χ1n) is 2.70. The van der Waals surface area contributed by atoms with Crippen LogP contribution in [0.3, 0.4) is 0 Å². The highest BCUT2D eigenvalue weighted by atomic mass is 16.5. The summed E-state index contributed by atoms with van der Waals surface area (Å²) in [6.07, 6.45) is 2.26. The van der Waals surface area contributed by atoms with Gasteiger partial charge in [0, 0.05) is 5.92 Å². The maximum Gasteiger partial charge on any atom is 0.125 e. The molecule has 2 nitrogen and oxygen atoms in total. The van der Waals surface area contributed by atoms with Gasteiger partial charge >= 0.3 is 0 Å². The smallest absolute Gasteiger partial charge is 0.125 e. The van der Waals surface area contributed by atoms with Crippen molar-refractivity contribution in [2.24, 2.45) is 5.92 Å². The normalized spacial score (nSPS) is 12.6. The molecule has 0 aromatic carbocycles. The summed E-state index contributed by atoms with van der Waals surface area (Å²) in [6, 6.07) is 0. The van der Waals surface area contributed by atoms with Crippen molar-refractivity contribution in [3.05, 3.63) is 19.6 Å². The molecular formula is C7H10O2. The van der Waals surface area contributed by atoms with Gasteiger partial charge in [-0.05, 0) is 6.92 Å². The highest BCUT2D eigenvalue weighted by Gasteiger charge is 1.96. The van der Waals surface area contributed by atoms with Crippen molar-refractivity contribution in [3.8, 4) is 0 Å². The van der Waals surface area contributed by atoms with Crippen LogP contribution in [0.1, 0.15) is 0 Å². The van der Waals surface area contributed by atoms with Crippen molar-refractivity contribution in [1.82, 2.24) is 0 Å². The molecule has 50 valence electrons. The molecule has 0 bridgehead atoms. The summed E-state index contributed by atoms with van der Waals surface area (Å²) in [5.41, 5.74) is 0. The second kappa shape index (κ2) is 5.51. The summed E-state index contributed by atoms with van der Waals surface area (Å²) in [4.78, 5) is 9.87. The molecule has 0 unspecified atom stereocenters. The second-order valence-electron chi connectivity index (χ2n) is 1.63. The van der Waals surface area contributed by atoms with E-state index in [4.69, 9.17) is 11.7 Å². The molecule has 0 amide bonds. The van der Waals surface area contributed by atoms with Gasteiger partial charge in [-0.15, -0.1) is 6.58 Å². The largest absolute Gasteiger partial charge is 0.377 e. The molecule has 2 heteroatoms. The Morgan fingerprint density at radius 1 is 1.78 bits per heavy atom. The summed E-state index contributed by atoms with van der Waals surface area (Å²) >= 11 is 0. The third kappa shape index (κ3) is 5.24. The molecule has 0 aliphatic carbocycles. The highest BCUT2D eigenvalue weighted by Crippen LogP contribution is 1.88. The van der Waals surface area contributed by atoms with Gasteiger partial charge in [0.15, 0.2) is 0 Å².